The van der Waals surface area contributed by atoms with Crippen LogP contribution < -0.4 is 0 Å². The van der Waals surface area contributed by atoms with Gasteiger partial charge in [0.25, 0.3) is 8.53 Å². The minimum absolute atomic E-state index is 0.143. The van der Waals surface area contributed by atoms with Crippen LogP contribution in [-0.4, -0.2) is 49.6 Å². The summed E-state index contributed by atoms with van der Waals surface area (Å²) in [5, 5.41) is 0. The average molecular weight is 290 g/mol. The van der Waals surface area contributed by atoms with E-state index in [0.29, 0.717) is 6.61 Å². The molecule has 1 unspecified atom stereocenters. The zero-order valence-electron chi connectivity index (χ0n) is 12.3. The molecule has 0 radical (unpaired) electrons. The van der Waals surface area contributed by atoms with Gasteiger partial charge in [-0.1, -0.05) is 0 Å². The van der Waals surface area contributed by atoms with Gasteiger partial charge in [0.05, 0.1) is 7.11 Å². The third-order valence-electron chi connectivity index (χ3n) is 2.17. The molecule has 0 aliphatic rings. The van der Waals surface area contributed by atoms with Crippen LogP contribution in [-0.2, 0) is 18.6 Å². The molecule has 0 N–H and O–H groups in total. The second-order valence-electron chi connectivity index (χ2n) is 4.37. The number of carbonyl (C=O) groups excluding carboxylic acids is 1. The van der Waals surface area contributed by atoms with Gasteiger partial charge in [0, 0.05) is 12.1 Å². The monoisotopic (exact) mass is 290 g/mol. The van der Waals surface area contributed by atoms with E-state index in [1.165, 1.54) is 7.11 Å². The first kappa shape index (κ1) is 18.3. The summed E-state index contributed by atoms with van der Waals surface area (Å²) >= 11 is 0. The second kappa shape index (κ2) is 10.1. The van der Waals surface area contributed by atoms with Gasteiger partial charge in [0.1, 0.15) is 6.61 Å². The van der Waals surface area contributed by atoms with Crippen LogP contribution in [0.3, 0.4) is 0 Å². The summed E-state index contributed by atoms with van der Waals surface area (Å²) in [6.07, 6.45) is 0. The highest BCUT2D eigenvalue weighted by molar-refractivity contribution is 7.44. The van der Waals surface area contributed by atoms with Crippen LogP contribution >= 0.6 is 8.53 Å². The van der Waals surface area contributed by atoms with Crippen molar-refractivity contribution in [1.82, 2.24) is 4.67 Å². The number of methoxy groups -OCH3 is 1. The summed E-state index contributed by atoms with van der Waals surface area (Å²) in [7, 11) is -0.0477. The first-order valence-corrected chi connectivity index (χ1v) is 7.31. The summed E-state index contributed by atoms with van der Waals surface area (Å²) in [6.45, 7) is 15.3. The van der Waals surface area contributed by atoms with Gasteiger partial charge in [-0.3, -0.25) is 0 Å². The molecule has 0 saturated heterocycles. The lowest BCUT2D eigenvalue weighted by Gasteiger charge is -2.35. The Kier molecular flexibility index (Phi) is 9.72. The van der Waals surface area contributed by atoms with Crippen molar-refractivity contribution in [1.29, 1.82) is 0 Å². The summed E-state index contributed by atoms with van der Waals surface area (Å²) in [4.78, 5) is 14.4. The lowest BCUT2D eigenvalue weighted by molar-refractivity contribution is -0.143. The average Bonchev–Trinajstić information content (AvgIpc) is 2.34. The van der Waals surface area contributed by atoms with Gasteiger partial charge in [-0.05, 0) is 27.7 Å². The van der Waals surface area contributed by atoms with Gasteiger partial charge in [-0.15, -0.1) is 0 Å². The normalized spacial score (nSPS) is 12.8. The van der Waals surface area contributed by atoms with Crippen molar-refractivity contribution in [2.45, 2.75) is 39.8 Å². The molecule has 0 aromatic heterocycles. The summed E-state index contributed by atoms with van der Waals surface area (Å²) in [6, 6.07) is 0.438. The van der Waals surface area contributed by atoms with Crippen molar-refractivity contribution in [3.8, 4) is 0 Å². The summed E-state index contributed by atoms with van der Waals surface area (Å²) < 4.78 is 17.7. The Morgan fingerprint density at radius 1 is 1.26 bits per heavy atom. The second-order valence-corrected chi connectivity index (χ2v) is 5.82. The molecule has 7 heteroatoms. The van der Waals surface area contributed by atoms with Gasteiger partial charge in [-0.25, -0.2) is 16.0 Å². The molecule has 1 atom stereocenters. The number of ether oxygens (including phenoxy) is 1. The molecule has 110 valence electrons. The number of nitrogens with zero attached hydrogens (tertiary/aromatic N) is 2. The molecule has 0 saturated carbocycles. The van der Waals surface area contributed by atoms with E-state index in [2.05, 4.69) is 14.3 Å². The van der Waals surface area contributed by atoms with Crippen molar-refractivity contribution in [3.63, 3.8) is 0 Å². The fraction of sp³-hybridized carbons (Fsp3) is 0.833. The van der Waals surface area contributed by atoms with Crippen molar-refractivity contribution < 1.29 is 18.6 Å². The Labute approximate surface area is 116 Å². The maximum Gasteiger partial charge on any atom is 0.332 e. The first-order valence-electron chi connectivity index (χ1n) is 6.18. The first-order chi connectivity index (χ1) is 8.93. The van der Waals surface area contributed by atoms with Crippen molar-refractivity contribution in [2.75, 3.05) is 26.9 Å². The van der Waals surface area contributed by atoms with E-state index in [9.17, 15) is 4.79 Å². The third-order valence-corrected chi connectivity index (χ3v) is 4.23. The van der Waals surface area contributed by atoms with E-state index < -0.39 is 14.5 Å². The van der Waals surface area contributed by atoms with Gasteiger partial charge in [0.2, 0.25) is 6.54 Å². The summed E-state index contributed by atoms with van der Waals surface area (Å²) in [5.41, 5.74) is 0. The van der Waals surface area contributed by atoms with E-state index in [1.54, 1.807) is 0 Å². The Morgan fingerprint density at radius 2 is 1.84 bits per heavy atom. The molecule has 0 aliphatic heterocycles. The predicted molar refractivity (Wildman–Crippen MR) is 74.4 cm³/mol. The van der Waals surface area contributed by atoms with Crippen LogP contribution in [0, 0.1) is 6.57 Å². The molecule has 0 aromatic carbocycles. The molecule has 19 heavy (non-hydrogen) atoms. The van der Waals surface area contributed by atoms with Crippen LogP contribution in [0.5, 0.6) is 0 Å². The fourth-order valence-corrected chi connectivity index (χ4v) is 3.02. The third kappa shape index (κ3) is 7.44. The van der Waals surface area contributed by atoms with Crippen LogP contribution in [0.2, 0.25) is 0 Å². The molecule has 0 heterocycles. The van der Waals surface area contributed by atoms with Gasteiger partial charge in [0.15, 0.2) is 6.61 Å². The molecule has 0 rings (SSSR count). The Hall–Kier alpha value is -0.730. The van der Waals surface area contributed by atoms with Crippen molar-refractivity contribution >= 4 is 14.5 Å². The molecule has 0 amide bonds. The van der Waals surface area contributed by atoms with Crippen LogP contribution in [0.4, 0.5) is 0 Å². The molecule has 0 fully saturated rings. The number of carbonyl (C=O) groups is 1. The van der Waals surface area contributed by atoms with Crippen LogP contribution in [0.1, 0.15) is 27.7 Å². The number of hydrogen-bond acceptors (Lipinski definition) is 5. The van der Waals surface area contributed by atoms with E-state index in [-0.39, 0.29) is 25.2 Å². The smallest absolute Gasteiger partial charge is 0.332 e. The highest BCUT2D eigenvalue weighted by atomic mass is 31.2. The van der Waals surface area contributed by atoms with E-state index in [4.69, 9.17) is 15.6 Å². The minimum atomic E-state index is -1.36. The van der Waals surface area contributed by atoms with E-state index in [0.717, 1.165) is 0 Å². The maximum atomic E-state index is 11.1. The zero-order valence-corrected chi connectivity index (χ0v) is 13.1. The molecule has 0 aliphatic carbocycles. The molecule has 0 aromatic rings. The molecular formula is C12H23N2O4P. The lowest BCUT2D eigenvalue weighted by atomic mass is 10.3. The van der Waals surface area contributed by atoms with E-state index >= 15 is 0 Å². The highest BCUT2D eigenvalue weighted by Crippen LogP contribution is 2.45. The Balaban J connectivity index is 4.61. The fourth-order valence-electron chi connectivity index (χ4n) is 1.48. The summed E-state index contributed by atoms with van der Waals surface area (Å²) in [5.74, 6) is -0.436. The van der Waals surface area contributed by atoms with Crippen molar-refractivity contribution in [2.24, 2.45) is 0 Å². The van der Waals surface area contributed by atoms with Crippen LogP contribution in [0.25, 0.3) is 4.85 Å². The maximum absolute atomic E-state index is 11.1. The number of hydrogen-bond donors (Lipinski definition) is 0. The van der Waals surface area contributed by atoms with E-state index in [1.807, 2.05) is 27.7 Å². The van der Waals surface area contributed by atoms with Crippen LogP contribution in [0.15, 0.2) is 0 Å². The quantitative estimate of drug-likeness (QED) is 0.282. The number of rotatable bonds is 9. The molecule has 0 bridgehead atoms. The predicted octanol–water partition coefficient (Wildman–Crippen LogP) is 2.46. The molecular weight excluding hydrogens is 267 g/mol. The van der Waals surface area contributed by atoms with Gasteiger partial charge in [-0.2, -0.15) is 0 Å². The van der Waals surface area contributed by atoms with Gasteiger partial charge >= 0.3 is 5.97 Å². The lowest BCUT2D eigenvalue weighted by Crippen LogP contribution is -2.34. The number of esters is 1. The SMILES string of the molecule is [C-]#[N+]CCOP(OCC(=O)OC)N(C(C)C)C(C)C. The topological polar surface area (TPSA) is 52.4 Å². The zero-order chi connectivity index (χ0) is 14.8. The van der Waals surface area contributed by atoms with Crippen molar-refractivity contribution in [3.05, 3.63) is 11.4 Å². The highest BCUT2D eigenvalue weighted by Gasteiger charge is 2.28. The standard InChI is InChI=1S/C12H23N2O4P/c1-10(2)14(11(3)4)19(17-8-7-13-5)18-9-12(15)16-6/h10-11H,7-9H2,1-4,6H3. The Bertz CT molecular complexity index is 297. The molecule has 0 spiro atoms. The Morgan fingerprint density at radius 3 is 2.26 bits per heavy atom. The minimum Gasteiger partial charge on any atom is -0.467 e. The largest absolute Gasteiger partial charge is 0.467 e. The van der Waals surface area contributed by atoms with Gasteiger partial charge < -0.3 is 18.6 Å². The molecule has 6 nitrogen and oxygen atoms in total.